The van der Waals surface area contributed by atoms with Gasteiger partial charge in [0, 0.05) is 10.4 Å². The zero-order valence-electron chi connectivity index (χ0n) is 19.4. The number of anilines is 1. The van der Waals surface area contributed by atoms with Crippen molar-refractivity contribution in [3.8, 4) is 17.0 Å². The van der Waals surface area contributed by atoms with Crippen molar-refractivity contribution in [2.45, 2.75) is 26.3 Å². The molecule has 0 saturated heterocycles. The molecule has 9 heteroatoms. The number of fused-ring (bicyclic) bond motifs is 1. The van der Waals surface area contributed by atoms with Crippen molar-refractivity contribution in [1.29, 1.82) is 0 Å². The first-order valence-electron chi connectivity index (χ1n) is 10.7. The predicted molar refractivity (Wildman–Crippen MR) is 136 cm³/mol. The van der Waals surface area contributed by atoms with E-state index in [9.17, 15) is 14.4 Å². The molecular weight excluding hydrogens is 470 g/mol. The van der Waals surface area contributed by atoms with Gasteiger partial charge in [-0.25, -0.2) is 4.98 Å². The zero-order chi connectivity index (χ0) is 24.4. The number of hydrogen-bond acceptors (Lipinski definition) is 7. The van der Waals surface area contributed by atoms with E-state index in [4.69, 9.17) is 4.74 Å². The molecule has 3 amide bonds. The number of amides is 3. The second kappa shape index (κ2) is 9.99. The first-order chi connectivity index (χ1) is 16.3. The van der Waals surface area contributed by atoms with Crippen LogP contribution in [-0.4, -0.2) is 52.8 Å². The highest BCUT2D eigenvalue weighted by molar-refractivity contribution is 7.98. The largest absolute Gasteiger partial charge is 0.496 e. The predicted octanol–water partition coefficient (Wildman–Crippen LogP) is 4.79. The van der Waals surface area contributed by atoms with Gasteiger partial charge in [-0.2, -0.15) is 11.8 Å². The van der Waals surface area contributed by atoms with Gasteiger partial charge in [-0.05, 0) is 68.2 Å². The molecule has 4 rings (SSSR count). The molecule has 0 radical (unpaired) electrons. The van der Waals surface area contributed by atoms with Crippen LogP contribution in [-0.2, 0) is 4.79 Å². The van der Waals surface area contributed by atoms with Crippen LogP contribution in [0, 0.1) is 13.8 Å². The minimum Gasteiger partial charge on any atom is -0.496 e. The Morgan fingerprint density at radius 3 is 2.41 bits per heavy atom. The van der Waals surface area contributed by atoms with Crippen molar-refractivity contribution >= 4 is 46.0 Å². The van der Waals surface area contributed by atoms with Crippen LogP contribution < -0.4 is 10.1 Å². The lowest BCUT2D eigenvalue weighted by Gasteiger charge is -2.24. The van der Waals surface area contributed by atoms with Crippen LogP contribution >= 0.6 is 23.1 Å². The fourth-order valence-electron chi connectivity index (χ4n) is 4.03. The van der Waals surface area contributed by atoms with Crippen LogP contribution in [0.2, 0.25) is 0 Å². The first-order valence-corrected chi connectivity index (χ1v) is 13.0. The average molecular weight is 496 g/mol. The summed E-state index contributed by atoms with van der Waals surface area (Å²) in [5, 5.41) is 3.28. The second-order valence-corrected chi connectivity index (χ2v) is 10.1. The number of rotatable bonds is 8. The van der Waals surface area contributed by atoms with Gasteiger partial charge in [0.15, 0.2) is 5.13 Å². The third-order valence-corrected chi connectivity index (χ3v) is 7.26. The zero-order valence-corrected chi connectivity index (χ0v) is 21.0. The fraction of sp³-hybridized carbons (Fsp3) is 0.280. The summed E-state index contributed by atoms with van der Waals surface area (Å²) < 4.78 is 5.34. The van der Waals surface area contributed by atoms with E-state index >= 15 is 0 Å². The number of aryl methyl sites for hydroxylation is 2. The van der Waals surface area contributed by atoms with Crippen LogP contribution in [0.15, 0.2) is 42.5 Å². The summed E-state index contributed by atoms with van der Waals surface area (Å²) in [6.07, 6.45) is 2.28. The third kappa shape index (κ3) is 4.45. The van der Waals surface area contributed by atoms with Crippen molar-refractivity contribution < 1.29 is 19.1 Å². The average Bonchev–Trinajstić information content (AvgIpc) is 3.31. The Morgan fingerprint density at radius 2 is 1.82 bits per heavy atom. The molecule has 2 aromatic carbocycles. The molecule has 1 aliphatic heterocycles. The Balaban J connectivity index is 1.59. The number of hydrogen-bond donors (Lipinski definition) is 1. The Bertz CT molecular complexity index is 1240. The van der Waals surface area contributed by atoms with Gasteiger partial charge in [0.1, 0.15) is 11.8 Å². The third-order valence-electron chi connectivity index (χ3n) is 5.73. The molecule has 3 aromatic rings. The Hall–Kier alpha value is -3.17. The van der Waals surface area contributed by atoms with Crippen molar-refractivity contribution in [1.82, 2.24) is 9.88 Å². The number of thiazole rings is 1. The van der Waals surface area contributed by atoms with Crippen LogP contribution in [0.25, 0.3) is 11.3 Å². The molecule has 1 N–H and O–H groups in total. The number of benzene rings is 2. The highest BCUT2D eigenvalue weighted by Crippen LogP contribution is 2.33. The lowest BCUT2D eigenvalue weighted by atomic mass is 10.1. The van der Waals surface area contributed by atoms with E-state index in [-0.39, 0.29) is 0 Å². The molecule has 0 saturated carbocycles. The molecule has 7 nitrogen and oxygen atoms in total. The molecule has 0 bridgehead atoms. The number of carbonyl (C=O) groups excluding carboxylic acids is 3. The van der Waals surface area contributed by atoms with Crippen LogP contribution in [0.1, 0.15) is 37.6 Å². The lowest BCUT2D eigenvalue weighted by molar-refractivity contribution is -0.120. The van der Waals surface area contributed by atoms with E-state index in [1.807, 2.05) is 38.3 Å². The molecule has 34 heavy (non-hydrogen) atoms. The number of ether oxygens (including phenoxy) is 1. The van der Waals surface area contributed by atoms with Gasteiger partial charge in [0.25, 0.3) is 11.8 Å². The summed E-state index contributed by atoms with van der Waals surface area (Å²) in [4.78, 5) is 46.0. The van der Waals surface area contributed by atoms with Crippen molar-refractivity contribution in [3.05, 3.63) is 64.0 Å². The monoisotopic (exact) mass is 495 g/mol. The summed E-state index contributed by atoms with van der Waals surface area (Å²) in [5.74, 6) is 0.120. The van der Waals surface area contributed by atoms with E-state index in [1.54, 1.807) is 43.1 Å². The molecule has 0 aliphatic carbocycles. The quantitative estimate of drug-likeness (QED) is 0.452. The first kappa shape index (κ1) is 24.0. The van der Waals surface area contributed by atoms with Gasteiger partial charge in [0.2, 0.25) is 5.91 Å². The maximum atomic E-state index is 13.3. The van der Waals surface area contributed by atoms with Gasteiger partial charge < -0.3 is 10.1 Å². The number of imide groups is 1. The van der Waals surface area contributed by atoms with Crippen molar-refractivity contribution in [2.24, 2.45) is 0 Å². The Morgan fingerprint density at radius 1 is 1.15 bits per heavy atom. The summed E-state index contributed by atoms with van der Waals surface area (Å²) in [6, 6.07) is 11.6. The van der Waals surface area contributed by atoms with Gasteiger partial charge in [-0.3, -0.25) is 19.3 Å². The highest BCUT2D eigenvalue weighted by atomic mass is 32.2. The standard InChI is InChI=1S/C25H25N3O4S2/c1-14-13-16(9-10-20(14)32-3)21-15(2)34-25(26-21)27-22(29)19(11-12-33-4)28-23(30)17-7-5-6-8-18(17)24(28)31/h5-10,13,19H,11-12H2,1-4H3,(H,26,27,29). The maximum absolute atomic E-state index is 13.3. The maximum Gasteiger partial charge on any atom is 0.262 e. The number of thioether (sulfide) groups is 1. The highest BCUT2D eigenvalue weighted by Gasteiger charge is 2.42. The Kier molecular flexibility index (Phi) is 7.04. The molecule has 1 atom stereocenters. The number of carbonyl (C=O) groups is 3. The molecular formula is C25H25N3O4S2. The minimum atomic E-state index is -0.921. The normalized spacial score (nSPS) is 13.7. The summed E-state index contributed by atoms with van der Waals surface area (Å²) >= 11 is 2.91. The smallest absolute Gasteiger partial charge is 0.262 e. The van der Waals surface area contributed by atoms with E-state index in [0.29, 0.717) is 28.4 Å². The van der Waals surface area contributed by atoms with E-state index in [0.717, 1.165) is 32.3 Å². The van der Waals surface area contributed by atoms with Gasteiger partial charge >= 0.3 is 0 Å². The van der Waals surface area contributed by atoms with Crippen LogP contribution in [0.4, 0.5) is 5.13 Å². The van der Waals surface area contributed by atoms with E-state index < -0.39 is 23.8 Å². The molecule has 176 valence electrons. The molecule has 1 aliphatic rings. The Labute approximate surface area is 206 Å². The molecule has 2 heterocycles. The number of aromatic nitrogens is 1. The molecule has 0 fully saturated rings. The van der Waals surface area contributed by atoms with E-state index in [2.05, 4.69) is 10.3 Å². The topological polar surface area (TPSA) is 88.6 Å². The van der Waals surface area contributed by atoms with E-state index in [1.165, 1.54) is 11.3 Å². The second-order valence-electron chi connectivity index (χ2n) is 7.92. The summed E-state index contributed by atoms with van der Waals surface area (Å²) in [7, 11) is 1.63. The lowest BCUT2D eigenvalue weighted by Crippen LogP contribution is -2.47. The van der Waals surface area contributed by atoms with Gasteiger partial charge in [0.05, 0.1) is 23.9 Å². The van der Waals surface area contributed by atoms with Gasteiger partial charge in [-0.1, -0.05) is 12.1 Å². The van der Waals surface area contributed by atoms with Crippen molar-refractivity contribution in [2.75, 3.05) is 24.4 Å². The minimum absolute atomic E-state index is 0.330. The number of nitrogens with one attached hydrogen (secondary N) is 1. The van der Waals surface area contributed by atoms with Crippen molar-refractivity contribution in [3.63, 3.8) is 0 Å². The molecule has 0 spiro atoms. The molecule has 1 aromatic heterocycles. The number of nitrogens with zero attached hydrogens (tertiary/aromatic N) is 2. The SMILES string of the molecule is COc1ccc(-c2nc(NC(=O)C(CCSC)N3C(=O)c4ccccc4C3=O)sc2C)cc1C. The van der Waals surface area contributed by atoms with Gasteiger partial charge in [-0.15, -0.1) is 11.3 Å². The summed E-state index contributed by atoms with van der Waals surface area (Å²) in [5.41, 5.74) is 3.34. The summed E-state index contributed by atoms with van der Waals surface area (Å²) in [6.45, 7) is 3.91. The number of methoxy groups -OCH3 is 1. The fourth-order valence-corrected chi connectivity index (χ4v) is 5.33. The molecule has 1 unspecified atom stereocenters. The van der Waals surface area contributed by atoms with Crippen LogP contribution in [0.3, 0.4) is 0 Å². The van der Waals surface area contributed by atoms with Crippen LogP contribution in [0.5, 0.6) is 5.75 Å².